The molecule has 1 aromatic heterocycles. The van der Waals surface area contributed by atoms with Crippen molar-refractivity contribution in [3.05, 3.63) is 18.2 Å². The first-order chi connectivity index (χ1) is 9.99. The second-order valence-electron chi connectivity index (χ2n) is 6.94. The average Bonchev–Trinajstić information content (AvgIpc) is 2.87. The zero-order chi connectivity index (χ0) is 15.5. The van der Waals surface area contributed by atoms with E-state index in [1.165, 1.54) is 12.8 Å². The largest absolute Gasteiger partial charge is 0.391 e. The lowest BCUT2D eigenvalue weighted by molar-refractivity contribution is -0.0394. The zero-order valence-corrected chi connectivity index (χ0v) is 14.0. The van der Waals surface area contributed by atoms with E-state index in [0.29, 0.717) is 6.42 Å². The third-order valence-corrected chi connectivity index (χ3v) is 5.29. The SMILES string of the molecule is CCCn1ccnc1CC(O)C1(N(C)C)CCC(C)CC1. The summed E-state index contributed by atoms with van der Waals surface area (Å²) in [5.74, 6) is 1.80. The van der Waals surface area contributed by atoms with Crippen molar-refractivity contribution >= 4 is 0 Å². The Kier molecular flexibility index (Phi) is 5.44. The van der Waals surface area contributed by atoms with Gasteiger partial charge >= 0.3 is 0 Å². The second-order valence-corrected chi connectivity index (χ2v) is 6.94. The summed E-state index contributed by atoms with van der Waals surface area (Å²) in [6, 6.07) is 0. The smallest absolute Gasteiger partial charge is 0.111 e. The van der Waals surface area contributed by atoms with Crippen LogP contribution in [0.2, 0.25) is 0 Å². The van der Waals surface area contributed by atoms with Crippen molar-refractivity contribution < 1.29 is 5.11 Å². The molecule has 21 heavy (non-hydrogen) atoms. The first-order valence-electron chi connectivity index (χ1n) is 8.35. The van der Waals surface area contributed by atoms with Gasteiger partial charge in [0, 0.05) is 30.9 Å². The van der Waals surface area contributed by atoms with E-state index in [1.807, 2.05) is 12.4 Å². The summed E-state index contributed by atoms with van der Waals surface area (Å²) in [4.78, 5) is 6.71. The number of likely N-dealkylation sites (N-methyl/N-ethyl adjacent to an activating group) is 1. The van der Waals surface area contributed by atoms with Crippen LogP contribution in [0.25, 0.3) is 0 Å². The number of imidazole rings is 1. The molecule has 1 aromatic rings. The Morgan fingerprint density at radius 3 is 2.67 bits per heavy atom. The summed E-state index contributed by atoms with van der Waals surface area (Å²) in [5, 5.41) is 11.0. The van der Waals surface area contributed by atoms with Crippen molar-refractivity contribution in [2.45, 2.75) is 70.6 Å². The lowest BCUT2D eigenvalue weighted by Crippen LogP contribution is -2.56. The van der Waals surface area contributed by atoms with Gasteiger partial charge in [-0.05, 0) is 52.1 Å². The number of aryl methyl sites for hydroxylation is 1. The van der Waals surface area contributed by atoms with Crippen molar-refractivity contribution in [2.24, 2.45) is 5.92 Å². The summed E-state index contributed by atoms with van der Waals surface area (Å²) in [5.41, 5.74) is -0.0878. The minimum atomic E-state index is -0.349. The number of hydrogen-bond acceptors (Lipinski definition) is 3. The number of nitrogens with zero attached hydrogens (tertiary/aromatic N) is 3. The summed E-state index contributed by atoms with van der Waals surface area (Å²) in [7, 11) is 4.22. The van der Waals surface area contributed by atoms with Crippen LogP contribution < -0.4 is 0 Å². The van der Waals surface area contributed by atoms with Crippen LogP contribution in [0.15, 0.2) is 12.4 Å². The molecule has 0 aromatic carbocycles. The van der Waals surface area contributed by atoms with E-state index in [9.17, 15) is 5.11 Å². The van der Waals surface area contributed by atoms with E-state index in [-0.39, 0.29) is 11.6 Å². The number of hydrogen-bond donors (Lipinski definition) is 1. The van der Waals surface area contributed by atoms with E-state index in [2.05, 4.69) is 42.4 Å². The van der Waals surface area contributed by atoms with E-state index in [4.69, 9.17) is 0 Å². The van der Waals surface area contributed by atoms with Gasteiger partial charge in [0.1, 0.15) is 5.82 Å². The molecule has 0 radical (unpaired) electrons. The Morgan fingerprint density at radius 1 is 1.43 bits per heavy atom. The van der Waals surface area contributed by atoms with Crippen LogP contribution in [0.1, 0.15) is 51.8 Å². The Bertz CT molecular complexity index is 433. The van der Waals surface area contributed by atoms with Crippen molar-refractivity contribution in [2.75, 3.05) is 14.1 Å². The van der Waals surface area contributed by atoms with Gasteiger partial charge in [0.25, 0.3) is 0 Å². The number of aliphatic hydroxyl groups is 1. The van der Waals surface area contributed by atoms with Gasteiger partial charge in [-0.1, -0.05) is 13.8 Å². The highest BCUT2D eigenvalue weighted by atomic mass is 16.3. The van der Waals surface area contributed by atoms with E-state index >= 15 is 0 Å². The third kappa shape index (κ3) is 3.49. The predicted molar refractivity (Wildman–Crippen MR) is 86.3 cm³/mol. The lowest BCUT2D eigenvalue weighted by atomic mass is 9.72. The lowest BCUT2D eigenvalue weighted by Gasteiger charge is -2.47. The summed E-state index contributed by atoms with van der Waals surface area (Å²) < 4.78 is 2.18. The quantitative estimate of drug-likeness (QED) is 0.877. The fourth-order valence-electron chi connectivity index (χ4n) is 3.68. The molecular formula is C17H31N3O. The zero-order valence-electron chi connectivity index (χ0n) is 14.0. The molecule has 1 aliphatic carbocycles. The topological polar surface area (TPSA) is 41.3 Å². The average molecular weight is 293 g/mol. The van der Waals surface area contributed by atoms with Gasteiger partial charge in [0.05, 0.1) is 6.10 Å². The Balaban J connectivity index is 2.12. The number of aliphatic hydroxyl groups excluding tert-OH is 1. The third-order valence-electron chi connectivity index (χ3n) is 5.29. The van der Waals surface area contributed by atoms with Crippen LogP contribution in [0.3, 0.4) is 0 Å². The summed E-state index contributed by atoms with van der Waals surface area (Å²) >= 11 is 0. The Labute approximate surface area is 129 Å². The van der Waals surface area contributed by atoms with Gasteiger partial charge in [-0.25, -0.2) is 4.98 Å². The van der Waals surface area contributed by atoms with E-state index < -0.39 is 0 Å². The maximum atomic E-state index is 11.0. The molecule has 2 rings (SSSR count). The van der Waals surface area contributed by atoms with Gasteiger partial charge in [-0.15, -0.1) is 0 Å². The van der Waals surface area contributed by atoms with Gasteiger partial charge in [-0.2, -0.15) is 0 Å². The van der Waals surface area contributed by atoms with Crippen molar-refractivity contribution in [1.29, 1.82) is 0 Å². The minimum Gasteiger partial charge on any atom is -0.391 e. The normalized spacial score (nSPS) is 28.0. The summed E-state index contributed by atoms with van der Waals surface area (Å²) in [6.07, 6.45) is 9.85. The standard InChI is InChI=1S/C17H31N3O/c1-5-11-20-12-10-18-16(20)13-15(21)17(19(3)4)8-6-14(2)7-9-17/h10,12,14-15,21H,5-9,11,13H2,1-4H3. The molecule has 1 fully saturated rings. The van der Waals surface area contributed by atoms with Crippen molar-refractivity contribution in [3.63, 3.8) is 0 Å². The number of aromatic nitrogens is 2. The molecule has 4 heteroatoms. The maximum absolute atomic E-state index is 11.0. The van der Waals surface area contributed by atoms with E-state index in [0.717, 1.165) is 37.5 Å². The summed E-state index contributed by atoms with van der Waals surface area (Å²) in [6.45, 7) is 5.47. The first kappa shape index (κ1) is 16.5. The minimum absolute atomic E-state index is 0.0878. The molecule has 4 nitrogen and oxygen atoms in total. The molecule has 1 saturated carbocycles. The molecule has 1 N–H and O–H groups in total. The van der Waals surface area contributed by atoms with Crippen molar-refractivity contribution in [3.8, 4) is 0 Å². The Morgan fingerprint density at radius 2 is 2.10 bits per heavy atom. The van der Waals surface area contributed by atoms with Gasteiger partial charge < -0.3 is 14.6 Å². The highest BCUT2D eigenvalue weighted by molar-refractivity contribution is 5.04. The van der Waals surface area contributed by atoms with Gasteiger partial charge in [0.15, 0.2) is 0 Å². The predicted octanol–water partition coefficient (Wildman–Crippen LogP) is 2.71. The molecule has 1 atom stereocenters. The molecule has 0 saturated heterocycles. The molecule has 120 valence electrons. The van der Waals surface area contributed by atoms with Crippen LogP contribution >= 0.6 is 0 Å². The van der Waals surface area contributed by atoms with Crippen molar-refractivity contribution in [1.82, 2.24) is 14.5 Å². The van der Waals surface area contributed by atoms with Gasteiger partial charge in [0.2, 0.25) is 0 Å². The fraction of sp³-hybridized carbons (Fsp3) is 0.824. The second kappa shape index (κ2) is 6.93. The molecule has 0 amide bonds. The van der Waals surface area contributed by atoms with Gasteiger partial charge in [-0.3, -0.25) is 0 Å². The highest BCUT2D eigenvalue weighted by Crippen LogP contribution is 2.38. The molecular weight excluding hydrogens is 262 g/mol. The maximum Gasteiger partial charge on any atom is 0.111 e. The van der Waals surface area contributed by atoms with Crippen LogP contribution in [-0.4, -0.2) is 45.3 Å². The fourth-order valence-corrected chi connectivity index (χ4v) is 3.68. The van der Waals surface area contributed by atoms with Crippen LogP contribution in [0.4, 0.5) is 0 Å². The number of rotatable bonds is 6. The van der Waals surface area contributed by atoms with Crippen LogP contribution in [-0.2, 0) is 13.0 Å². The molecule has 0 aliphatic heterocycles. The highest BCUT2D eigenvalue weighted by Gasteiger charge is 2.42. The monoisotopic (exact) mass is 293 g/mol. The molecule has 0 spiro atoms. The van der Waals surface area contributed by atoms with Crippen LogP contribution in [0.5, 0.6) is 0 Å². The molecule has 1 heterocycles. The first-order valence-corrected chi connectivity index (χ1v) is 8.35. The molecule has 0 bridgehead atoms. The molecule has 1 aliphatic rings. The van der Waals surface area contributed by atoms with Crippen LogP contribution in [0, 0.1) is 5.92 Å². The Hall–Kier alpha value is -0.870. The molecule has 1 unspecified atom stereocenters. The van der Waals surface area contributed by atoms with E-state index in [1.54, 1.807) is 0 Å².